The van der Waals surface area contributed by atoms with Gasteiger partial charge in [-0.05, 0) is 63.3 Å². The fourth-order valence-electron chi connectivity index (χ4n) is 3.25. The lowest BCUT2D eigenvalue weighted by molar-refractivity contribution is 0.0600. The molecule has 0 aliphatic carbocycles. The third-order valence-electron chi connectivity index (χ3n) is 4.35. The average molecular weight is 288 g/mol. The minimum atomic E-state index is 0.208. The van der Waals surface area contributed by atoms with Crippen LogP contribution in [0.4, 0.5) is 5.69 Å². The smallest absolute Gasteiger partial charge is 0.254 e. The van der Waals surface area contributed by atoms with E-state index in [0.29, 0.717) is 6.04 Å². The summed E-state index contributed by atoms with van der Waals surface area (Å²) in [7, 11) is 0. The first-order valence-electron chi connectivity index (χ1n) is 8.32. The average Bonchev–Trinajstić information content (AvgIpc) is 2.50. The number of hydrogen-bond acceptors (Lipinski definition) is 2. The quantitative estimate of drug-likeness (QED) is 0.879. The molecule has 0 aromatic heterocycles. The van der Waals surface area contributed by atoms with Gasteiger partial charge in [0.15, 0.2) is 0 Å². The molecule has 1 heterocycles. The number of amides is 1. The number of likely N-dealkylation sites (tertiary alicyclic amines) is 1. The van der Waals surface area contributed by atoms with Gasteiger partial charge in [-0.1, -0.05) is 13.3 Å². The maximum absolute atomic E-state index is 12.8. The second kappa shape index (κ2) is 7.48. The van der Waals surface area contributed by atoms with E-state index in [0.717, 1.165) is 55.6 Å². The van der Waals surface area contributed by atoms with Crippen LogP contribution < -0.4 is 5.32 Å². The van der Waals surface area contributed by atoms with Gasteiger partial charge in [-0.15, -0.1) is 0 Å². The van der Waals surface area contributed by atoms with Gasteiger partial charge < -0.3 is 10.2 Å². The van der Waals surface area contributed by atoms with Gasteiger partial charge in [0.1, 0.15) is 0 Å². The third kappa shape index (κ3) is 3.78. The molecule has 0 radical (unpaired) electrons. The summed E-state index contributed by atoms with van der Waals surface area (Å²) in [6.07, 6.45) is 5.83. The van der Waals surface area contributed by atoms with Gasteiger partial charge in [0.05, 0.1) is 0 Å². The minimum Gasteiger partial charge on any atom is -0.385 e. The molecule has 0 bridgehead atoms. The predicted molar refractivity (Wildman–Crippen MR) is 88.9 cm³/mol. The molecular weight excluding hydrogens is 260 g/mol. The lowest BCUT2D eigenvalue weighted by Crippen LogP contribution is -2.43. The van der Waals surface area contributed by atoms with Crippen LogP contribution in [-0.4, -0.2) is 29.9 Å². The van der Waals surface area contributed by atoms with Crippen LogP contribution in [0.1, 0.15) is 61.9 Å². The molecule has 1 aromatic rings. The van der Waals surface area contributed by atoms with Crippen LogP contribution in [-0.2, 0) is 0 Å². The zero-order valence-corrected chi connectivity index (χ0v) is 13.6. The van der Waals surface area contributed by atoms with Crippen LogP contribution in [0.25, 0.3) is 0 Å². The largest absolute Gasteiger partial charge is 0.385 e. The van der Waals surface area contributed by atoms with Crippen molar-refractivity contribution >= 4 is 11.6 Å². The summed E-state index contributed by atoms with van der Waals surface area (Å²) in [4.78, 5) is 14.9. The van der Waals surface area contributed by atoms with Crippen molar-refractivity contribution in [1.29, 1.82) is 0 Å². The Kier molecular flexibility index (Phi) is 5.66. The van der Waals surface area contributed by atoms with Gasteiger partial charge in [0.25, 0.3) is 5.91 Å². The second-order valence-corrected chi connectivity index (χ2v) is 6.00. The molecular formula is C18H28N2O. The molecule has 1 aromatic carbocycles. The van der Waals surface area contributed by atoms with E-state index >= 15 is 0 Å². The molecule has 1 amide bonds. The zero-order valence-electron chi connectivity index (χ0n) is 13.6. The van der Waals surface area contributed by atoms with Gasteiger partial charge in [-0.25, -0.2) is 0 Å². The molecule has 1 aliphatic heterocycles. The van der Waals surface area contributed by atoms with Crippen molar-refractivity contribution in [3.05, 3.63) is 29.3 Å². The van der Waals surface area contributed by atoms with Gasteiger partial charge in [0.2, 0.25) is 0 Å². The molecule has 0 spiro atoms. The first kappa shape index (κ1) is 15.9. The number of carbonyl (C=O) groups is 1. The number of carbonyl (C=O) groups excluding carboxylic acids is 1. The highest BCUT2D eigenvalue weighted by Gasteiger charge is 2.26. The molecule has 1 aliphatic rings. The lowest BCUT2D eigenvalue weighted by Gasteiger charge is -2.36. The fourth-order valence-corrected chi connectivity index (χ4v) is 3.25. The van der Waals surface area contributed by atoms with E-state index in [1.807, 2.05) is 18.2 Å². The summed E-state index contributed by atoms with van der Waals surface area (Å²) in [5.74, 6) is 0.208. The third-order valence-corrected chi connectivity index (χ3v) is 4.35. The molecule has 0 saturated carbocycles. The van der Waals surface area contributed by atoms with Crippen molar-refractivity contribution in [2.45, 2.75) is 58.9 Å². The van der Waals surface area contributed by atoms with Crippen LogP contribution in [0.2, 0.25) is 0 Å². The fraction of sp³-hybridized carbons (Fsp3) is 0.611. The molecule has 1 fully saturated rings. The number of aryl methyl sites for hydroxylation is 1. The molecule has 1 atom stereocenters. The minimum absolute atomic E-state index is 0.208. The van der Waals surface area contributed by atoms with Gasteiger partial charge in [0, 0.05) is 30.4 Å². The van der Waals surface area contributed by atoms with Crippen LogP contribution in [0, 0.1) is 6.92 Å². The molecule has 3 nitrogen and oxygen atoms in total. The van der Waals surface area contributed by atoms with Crippen molar-refractivity contribution in [2.24, 2.45) is 0 Å². The molecule has 2 rings (SSSR count). The van der Waals surface area contributed by atoms with E-state index in [4.69, 9.17) is 0 Å². The highest BCUT2D eigenvalue weighted by atomic mass is 16.2. The molecule has 3 heteroatoms. The van der Waals surface area contributed by atoms with E-state index in [1.165, 1.54) is 6.42 Å². The standard InChI is InChI=1S/C18H28N2O/c1-4-8-16-9-6-7-12-20(16)18(21)15-10-11-17(19-5-2)14(3)13-15/h10-11,13,16,19H,4-9,12H2,1-3H3. The number of nitrogens with one attached hydrogen (secondary N) is 1. The Morgan fingerprint density at radius 3 is 2.81 bits per heavy atom. The molecule has 116 valence electrons. The van der Waals surface area contributed by atoms with E-state index in [-0.39, 0.29) is 5.91 Å². The summed E-state index contributed by atoms with van der Waals surface area (Å²) in [6.45, 7) is 8.17. The number of hydrogen-bond donors (Lipinski definition) is 1. The van der Waals surface area contributed by atoms with Crippen LogP contribution >= 0.6 is 0 Å². The number of anilines is 1. The Hall–Kier alpha value is -1.51. The summed E-state index contributed by atoms with van der Waals surface area (Å²) in [6, 6.07) is 6.46. The zero-order chi connectivity index (χ0) is 15.2. The normalized spacial score (nSPS) is 18.6. The van der Waals surface area contributed by atoms with Crippen molar-refractivity contribution in [1.82, 2.24) is 4.90 Å². The highest BCUT2D eigenvalue weighted by Crippen LogP contribution is 2.24. The number of benzene rings is 1. The van der Waals surface area contributed by atoms with Crippen molar-refractivity contribution in [3.8, 4) is 0 Å². The highest BCUT2D eigenvalue weighted by molar-refractivity contribution is 5.95. The number of rotatable bonds is 5. The van der Waals surface area contributed by atoms with E-state index < -0.39 is 0 Å². The Labute approximate surface area is 128 Å². The van der Waals surface area contributed by atoms with Crippen molar-refractivity contribution < 1.29 is 4.79 Å². The van der Waals surface area contributed by atoms with Gasteiger partial charge in [-0.3, -0.25) is 4.79 Å². The van der Waals surface area contributed by atoms with Crippen molar-refractivity contribution in [2.75, 3.05) is 18.4 Å². The SMILES string of the molecule is CCCC1CCCCN1C(=O)c1ccc(NCC)c(C)c1. The summed E-state index contributed by atoms with van der Waals surface area (Å²) < 4.78 is 0. The summed E-state index contributed by atoms with van der Waals surface area (Å²) >= 11 is 0. The Morgan fingerprint density at radius 2 is 2.14 bits per heavy atom. The Bertz CT molecular complexity index is 482. The topological polar surface area (TPSA) is 32.3 Å². The Morgan fingerprint density at radius 1 is 1.33 bits per heavy atom. The number of nitrogens with zero attached hydrogens (tertiary/aromatic N) is 1. The van der Waals surface area contributed by atoms with Crippen LogP contribution in [0.15, 0.2) is 18.2 Å². The molecule has 21 heavy (non-hydrogen) atoms. The van der Waals surface area contributed by atoms with E-state index in [2.05, 4.69) is 31.0 Å². The van der Waals surface area contributed by atoms with Crippen LogP contribution in [0.5, 0.6) is 0 Å². The summed E-state index contributed by atoms with van der Waals surface area (Å²) in [5, 5.41) is 3.33. The molecule has 1 saturated heterocycles. The van der Waals surface area contributed by atoms with E-state index in [1.54, 1.807) is 0 Å². The first-order valence-corrected chi connectivity index (χ1v) is 8.32. The number of piperidine rings is 1. The van der Waals surface area contributed by atoms with Gasteiger partial charge in [-0.2, -0.15) is 0 Å². The summed E-state index contributed by atoms with van der Waals surface area (Å²) in [5.41, 5.74) is 3.10. The monoisotopic (exact) mass is 288 g/mol. The first-order chi connectivity index (χ1) is 10.2. The molecule has 1 N–H and O–H groups in total. The Balaban J connectivity index is 2.16. The maximum Gasteiger partial charge on any atom is 0.254 e. The van der Waals surface area contributed by atoms with Crippen LogP contribution in [0.3, 0.4) is 0 Å². The van der Waals surface area contributed by atoms with E-state index in [9.17, 15) is 4.79 Å². The lowest BCUT2D eigenvalue weighted by atomic mass is 9.97. The second-order valence-electron chi connectivity index (χ2n) is 6.00. The maximum atomic E-state index is 12.8. The van der Waals surface area contributed by atoms with Crippen molar-refractivity contribution in [3.63, 3.8) is 0 Å². The van der Waals surface area contributed by atoms with Gasteiger partial charge >= 0.3 is 0 Å². The predicted octanol–water partition coefficient (Wildman–Crippen LogP) is 4.22. The molecule has 1 unspecified atom stereocenters.